The number of hydrogen-bond donors (Lipinski definition) is 0. The smallest absolute Gasteiger partial charge is 0.265 e. The van der Waals surface area contributed by atoms with E-state index in [-0.39, 0.29) is 11.6 Å². The summed E-state index contributed by atoms with van der Waals surface area (Å²) in [6, 6.07) is 11.5. The summed E-state index contributed by atoms with van der Waals surface area (Å²) < 4.78 is 0. The number of azo groups is 1. The lowest BCUT2D eigenvalue weighted by atomic mass is 9.93. The Morgan fingerprint density at radius 2 is 1.95 bits per heavy atom. The molecule has 3 rings (SSSR count). The van der Waals surface area contributed by atoms with E-state index >= 15 is 0 Å². The van der Waals surface area contributed by atoms with Crippen LogP contribution >= 0.6 is 0 Å². The van der Waals surface area contributed by atoms with E-state index in [1.165, 1.54) is 6.07 Å². The van der Waals surface area contributed by atoms with Crippen LogP contribution in [0.2, 0.25) is 0 Å². The van der Waals surface area contributed by atoms with Crippen LogP contribution in [0.25, 0.3) is 0 Å². The lowest BCUT2D eigenvalue weighted by Gasteiger charge is -2.18. The van der Waals surface area contributed by atoms with E-state index in [1.54, 1.807) is 37.3 Å². The molecule has 6 nitrogen and oxygen atoms in total. The molecule has 0 saturated carbocycles. The van der Waals surface area contributed by atoms with Crippen LogP contribution in [-0.4, -0.2) is 10.8 Å². The molecule has 1 aliphatic heterocycles. The first-order valence-electron chi connectivity index (χ1n) is 6.37. The quantitative estimate of drug-likeness (QED) is 0.622. The number of amides is 1. The highest BCUT2D eigenvalue weighted by molar-refractivity contribution is 5.97. The number of nitro benzene ring substituents is 1. The van der Waals surface area contributed by atoms with Crippen molar-refractivity contribution in [2.75, 3.05) is 0 Å². The van der Waals surface area contributed by atoms with Gasteiger partial charge in [-0.05, 0) is 24.1 Å². The average molecular weight is 281 g/mol. The number of rotatable bonds is 2. The Morgan fingerprint density at radius 1 is 1.19 bits per heavy atom. The average Bonchev–Trinajstić information content (AvgIpc) is 2.48. The molecule has 0 fully saturated rings. The Hall–Kier alpha value is -2.89. The molecule has 104 valence electrons. The highest BCUT2D eigenvalue weighted by atomic mass is 16.6. The van der Waals surface area contributed by atoms with E-state index in [1.807, 2.05) is 6.07 Å². The van der Waals surface area contributed by atoms with Gasteiger partial charge in [0, 0.05) is 17.2 Å². The van der Waals surface area contributed by atoms with Gasteiger partial charge in [-0.1, -0.05) is 30.3 Å². The molecule has 0 aromatic heterocycles. The maximum atomic E-state index is 11.7. The minimum absolute atomic E-state index is 0.0390. The zero-order valence-electron chi connectivity index (χ0n) is 11.2. The van der Waals surface area contributed by atoms with Crippen LogP contribution in [0.1, 0.15) is 33.1 Å². The SMILES string of the molecule is Cc1ccc(C2N=NC(=O)c3ccccc32)cc1[N+](=O)[O-]. The van der Waals surface area contributed by atoms with Gasteiger partial charge in [-0.2, -0.15) is 5.11 Å². The lowest BCUT2D eigenvalue weighted by Crippen LogP contribution is -2.11. The molecule has 0 bridgehead atoms. The van der Waals surface area contributed by atoms with Crippen molar-refractivity contribution >= 4 is 11.6 Å². The van der Waals surface area contributed by atoms with Gasteiger partial charge in [-0.3, -0.25) is 14.9 Å². The van der Waals surface area contributed by atoms with Gasteiger partial charge >= 0.3 is 0 Å². The van der Waals surface area contributed by atoms with Crippen LogP contribution < -0.4 is 0 Å². The highest BCUT2D eigenvalue weighted by Crippen LogP contribution is 2.34. The lowest BCUT2D eigenvalue weighted by molar-refractivity contribution is -0.385. The molecule has 2 aromatic rings. The maximum Gasteiger partial charge on any atom is 0.295 e. The van der Waals surface area contributed by atoms with Crippen molar-refractivity contribution in [1.82, 2.24) is 0 Å². The predicted molar refractivity (Wildman–Crippen MR) is 75.3 cm³/mol. The van der Waals surface area contributed by atoms with E-state index in [0.717, 1.165) is 5.56 Å². The molecule has 0 saturated heterocycles. The van der Waals surface area contributed by atoms with Gasteiger partial charge in [0.2, 0.25) is 0 Å². The summed E-state index contributed by atoms with van der Waals surface area (Å²) in [4.78, 5) is 22.4. The third kappa shape index (κ3) is 2.20. The van der Waals surface area contributed by atoms with Gasteiger partial charge in [-0.25, -0.2) is 0 Å². The molecule has 1 aliphatic rings. The number of aryl methyl sites for hydroxylation is 1. The Labute approximate surface area is 120 Å². The highest BCUT2D eigenvalue weighted by Gasteiger charge is 2.26. The Bertz CT molecular complexity index is 783. The van der Waals surface area contributed by atoms with Gasteiger partial charge < -0.3 is 0 Å². The molecular weight excluding hydrogens is 270 g/mol. The molecule has 21 heavy (non-hydrogen) atoms. The minimum atomic E-state index is -0.488. The van der Waals surface area contributed by atoms with Gasteiger partial charge in [-0.15, -0.1) is 5.11 Å². The van der Waals surface area contributed by atoms with Crippen molar-refractivity contribution < 1.29 is 9.72 Å². The first kappa shape index (κ1) is 13.1. The van der Waals surface area contributed by atoms with Crippen molar-refractivity contribution in [3.63, 3.8) is 0 Å². The summed E-state index contributed by atoms with van der Waals surface area (Å²) in [5.41, 5.74) is 2.48. The van der Waals surface area contributed by atoms with Gasteiger partial charge in [0.25, 0.3) is 11.6 Å². The molecule has 6 heteroatoms. The van der Waals surface area contributed by atoms with Gasteiger partial charge in [0.05, 0.1) is 4.92 Å². The molecule has 0 N–H and O–H groups in total. The van der Waals surface area contributed by atoms with Crippen molar-refractivity contribution in [3.8, 4) is 0 Å². The van der Waals surface area contributed by atoms with E-state index in [2.05, 4.69) is 10.2 Å². The number of hydrogen-bond acceptors (Lipinski definition) is 4. The van der Waals surface area contributed by atoms with E-state index in [4.69, 9.17) is 0 Å². The zero-order valence-corrected chi connectivity index (χ0v) is 11.2. The van der Waals surface area contributed by atoms with Crippen LogP contribution in [0, 0.1) is 17.0 Å². The summed E-state index contributed by atoms with van der Waals surface area (Å²) in [5, 5.41) is 18.7. The van der Waals surface area contributed by atoms with Crippen LogP contribution in [0.15, 0.2) is 52.7 Å². The first-order valence-corrected chi connectivity index (χ1v) is 6.37. The predicted octanol–water partition coefficient (Wildman–Crippen LogP) is 3.60. The number of carbonyl (C=O) groups excluding carboxylic acids is 1. The summed E-state index contributed by atoms with van der Waals surface area (Å²) in [7, 11) is 0. The van der Waals surface area contributed by atoms with Gasteiger partial charge in [0.1, 0.15) is 6.04 Å². The molecule has 2 aromatic carbocycles. The normalized spacial score (nSPS) is 16.6. The fourth-order valence-corrected chi connectivity index (χ4v) is 2.40. The van der Waals surface area contributed by atoms with Crippen LogP contribution in [0.4, 0.5) is 5.69 Å². The number of nitrogens with zero attached hydrogens (tertiary/aromatic N) is 3. The fraction of sp³-hybridized carbons (Fsp3) is 0.133. The van der Waals surface area contributed by atoms with Crippen LogP contribution in [0.5, 0.6) is 0 Å². The number of carbonyl (C=O) groups is 1. The molecule has 0 spiro atoms. The monoisotopic (exact) mass is 281 g/mol. The van der Waals surface area contributed by atoms with Crippen molar-refractivity contribution in [1.29, 1.82) is 0 Å². The fourth-order valence-electron chi connectivity index (χ4n) is 2.40. The van der Waals surface area contributed by atoms with Crippen molar-refractivity contribution in [2.45, 2.75) is 13.0 Å². The zero-order chi connectivity index (χ0) is 15.0. The van der Waals surface area contributed by atoms with E-state index in [9.17, 15) is 14.9 Å². The third-order valence-electron chi connectivity index (χ3n) is 3.50. The summed E-state index contributed by atoms with van der Waals surface area (Å²) in [6.07, 6.45) is 0. The van der Waals surface area contributed by atoms with Crippen LogP contribution in [0.3, 0.4) is 0 Å². The molecule has 1 amide bonds. The Morgan fingerprint density at radius 3 is 2.71 bits per heavy atom. The summed E-state index contributed by atoms with van der Waals surface area (Å²) >= 11 is 0. The minimum Gasteiger partial charge on any atom is -0.265 e. The van der Waals surface area contributed by atoms with Crippen molar-refractivity contribution in [3.05, 3.63) is 74.8 Å². The molecule has 0 radical (unpaired) electrons. The topological polar surface area (TPSA) is 84.9 Å². The summed E-state index contributed by atoms with van der Waals surface area (Å²) in [5.74, 6) is -0.386. The van der Waals surface area contributed by atoms with Crippen molar-refractivity contribution in [2.24, 2.45) is 10.2 Å². The molecule has 0 aliphatic carbocycles. The second-order valence-corrected chi connectivity index (χ2v) is 4.81. The molecule has 1 unspecified atom stereocenters. The molecular formula is C15H11N3O3. The standard InChI is InChI=1S/C15H11N3O3/c1-9-6-7-10(8-13(9)18(20)21)14-11-4-2-3-5-12(11)15(19)17-16-14/h2-8,14H,1H3. The number of fused-ring (bicyclic) bond motifs is 1. The number of benzene rings is 2. The largest absolute Gasteiger partial charge is 0.295 e. The Kier molecular flexibility index (Phi) is 3.06. The van der Waals surface area contributed by atoms with E-state index < -0.39 is 11.0 Å². The maximum absolute atomic E-state index is 11.7. The summed E-state index contributed by atoms with van der Waals surface area (Å²) in [6.45, 7) is 1.68. The van der Waals surface area contributed by atoms with Crippen LogP contribution in [-0.2, 0) is 0 Å². The second kappa shape index (κ2) is 4.90. The van der Waals surface area contributed by atoms with E-state index in [0.29, 0.717) is 16.7 Å². The molecule has 1 heterocycles. The Balaban J connectivity index is 2.13. The number of nitro groups is 1. The second-order valence-electron chi connectivity index (χ2n) is 4.81. The third-order valence-corrected chi connectivity index (χ3v) is 3.50. The van der Waals surface area contributed by atoms with Gasteiger partial charge in [0.15, 0.2) is 0 Å². The first-order chi connectivity index (χ1) is 10.1. The molecule has 1 atom stereocenters.